The summed E-state index contributed by atoms with van der Waals surface area (Å²) in [7, 11) is 1.51. The van der Waals surface area contributed by atoms with Crippen LogP contribution in [-0.2, 0) is 4.74 Å². The zero-order valence-corrected chi connectivity index (χ0v) is 12.3. The van der Waals surface area contributed by atoms with Gasteiger partial charge >= 0.3 is 5.97 Å². The number of nitrogens with one attached hydrogen (secondary N) is 1. The van der Waals surface area contributed by atoms with Gasteiger partial charge < -0.3 is 14.6 Å². The van der Waals surface area contributed by atoms with Crippen LogP contribution in [0.3, 0.4) is 0 Å². The molecule has 0 aliphatic rings. The first kappa shape index (κ1) is 15.3. The van der Waals surface area contributed by atoms with Gasteiger partial charge in [-0.05, 0) is 31.2 Å². The van der Waals surface area contributed by atoms with Gasteiger partial charge in [-0.2, -0.15) is 5.26 Å². The van der Waals surface area contributed by atoms with Crippen LogP contribution in [0.25, 0.3) is 5.69 Å². The summed E-state index contributed by atoms with van der Waals surface area (Å²) in [6.45, 7) is 2.06. The largest absolute Gasteiger partial charge is 0.462 e. The van der Waals surface area contributed by atoms with Crippen LogP contribution in [0.5, 0.6) is 0 Å². The van der Waals surface area contributed by atoms with E-state index in [9.17, 15) is 9.59 Å². The summed E-state index contributed by atoms with van der Waals surface area (Å²) >= 11 is 0. The van der Waals surface area contributed by atoms with Crippen LogP contribution < -0.4 is 5.32 Å². The molecule has 0 aliphatic heterocycles. The first-order valence-electron chi connectivity index (χ1n) is 6.72. The molecule has 0 aliphatic carbocycles. The summed E-state index contributed by atoms with van der Waals surface area (Å²) in [6.07, 6.45) is 3.15. The Bertz CT molecular complexity index is 745. The molecule has 1 N–H and O–H groups in total. The fraction of sp³-hybridized carbons (Fsp3) is 0.188. The lowest BCUT2D eigenvalue weighted by atomic mass is 10.2. The van der Waals surface area contributed by atoms with Gasteiger partial charge in [0.15, 0.2) is 0 Å². The third-order valence-electron chi connectivity index (χ3n) is 3.10. The molecule has 0 radical (unpaired) electrons. The van der Waals surface area contributed by atoms with Crippen LogP contribution in [0.1, 0.15) is 34.6 Å². The Balaban J connectivity index is 0.00000264. The van der Waals surface area contributed by atoms with Crippen LogP contribution >= 0.6 is 0 Å². The minimum absolute atomic E-state index is 0. The fourth-order valence-corrected chi connectivity index (χ4v) is 1.99. The number of carbonyl (C=O) groups excluding carboxylic acids is 2. The second-order valence-electron chi connectivity index (χ2n) is 4.45. The maximum Gasteiger partial charge on any atom is 0.338 e. The van der Waals surface area contributed by atoms with Crippen molar-refractivity contribution in [1.29, 1.82) is 5.26 Å². The molecule has 6 nitrogen and oxygen atoms in total. The molecule has 0 atom stereocenters. The summed E-state index contributed by atoms with van der Waals surface area (Å²) in [5, 5.41) is 11.6. The van der Waals surface area contributed by atoms with E-state index < -0.39 is 0 Å². The average molecular weight is 299 g/mol. The second-order valence-corrected chi connectivity index (χ2v) is 4.45. The molecule has 1 amide bonds. The van der Waals surface area contributed by atoms with Crippen LogP contribution in [0.4, 0.5) is 0 Å². The Labute approximate surface area is 129 Å². The lowest BCUT2D eigenvalue weighted by Gasteiger charge is -2.05. The van der Waals surface area contributed by atoms with Crippen molar-refractivity contribution < 1.29 is 15.8 Å². The highest BCUT2D eigenvalue weighted by Crippen LogP contribution is 2.16. The van der Waals surface area contributed by atoms with Crippen molar-refractivity contribution in [2.75, 3.05) is 13.7 Å². The first-order valence-corrected chi connectivity index (χ1v) is 6.72. The number of carbonyl (C=O) groups is 2. The maximum absolute atomic E-state index is 11.7. The number of benzene rings is 1. The van der Waals surface area contributed by atoms with E-state index in [4.69, 9.17) is 10.00 Å². The van der Waals surface area contributed by atoms with Gasteiger partial charge in [0.2, 0.25) is 0 Å². The molecule has 0 fully saturated rings. The van der Waals surface area contributed by atoms with Crippen molar-refractivity contribution >= 4 is 11.9 Å². The molecule has 6 heteroatoms. The van der Waals surface area contributed by atoms with Crippen LogP contribution in [-0.4, -0.2) is 30.1 Å². The quantitative estimate of drug-likeness (QED) is 0.876. The van der Waals surface area contributed by atoms with Gasteiger partial charge in [-0.15, -0.1) is 0 Å². The van der Waals surface area contributed by atoms with Gasteiger partial charge in [0.1, 0.15) is 6.07 Å². The molecule has 22 heavy (non-hydrogen) atoms. The summed E-state index contributed by atoms with van der Waals surface area (Å²) in [5.41, 5.74) is 1.78. The van der Waals surface area contributed by atoms with Crippen molar-refractivity contribution in [3.05, 3.63) is 53.3 Å². The van der Waals surface area contributed by atoms with Crippen LogP contribution in [0.2, 0.25) is 0 Å². The summed E-state index contributed by atoms with van der Waals surface area (Å²) in [4.78, 5) is 23.3. The Kier molecular flexibility index (Phi) is 4.59. The van der Waals surface area contributed by atoms with E-state index in [1.807, 2.05) is 6.07 Å². The standard InChI is InChI=1S/C16H15N3O3.H2/c1-3-22-16(21)11-4-6-13(7-5-11)19-9-12(8-17)14(10-19)15(20)18-2;/h4-7,9-10H,3H2,1-2H3,(H,18,20);1H. The molecule has 0 unspecified atom stereocenters. The normalized spacial score (nSPS) is 9.86. The number of hydrogen-bond acceptors (Lipinski definition) is 4. The van der Waals surface area contributed by atoms with E-state index in [-0.39, 0.29) is 18.9 Å². The van der Waals surface area contributed by atoms with Gasteiger partial charge in [0, 0.05) is 26.6 Å². The predicted molar refractivity (Wildman–Crippen MR) is 81.9 cm³/mol. The first-order chi connectivity index (χ1) is 10.6. The number of aromatic nitrogens is 1. The number of nitriles is 1. The number of rotatable bonds is 4. The molecule has 0 spiro atoms. The van der Waals surface area contributed by atoms with E-state index in [1.165, 1.54) is 7.05 Å². The molecule has 1 aromatic heterocycles. The van der Waals surface area contributed by atoms with Gasteiger partial charge in [-0.3, -0.25) is 4.79 Å². The second kappa shape index (κ2) is 6.59. The molecular weight excluding hydrogens is 282 g/mol. The molecule has 2 rings (SSSR count). The summed E-state index contributed by atoms with van der Waals surface area (Å²) < 4.78 is 6.58. The number of ether oxygens (including phenoxy) is 1. The highest BCUT2D eigenvalue weighted by Gasteiger charge is 2.14. The zero-order chi connectivity index (χ0) is 16.1. The van der Waals surface area contributed by atoms with Crippen LogP contribution in [0.15, 0.2) is 36.7 Å². The van der Waals surface area contributed by atoms with E-state index >= 15 is 0 Å². The van der Waals surface area contributed by atoms with Gasteiger partial charge in [0.25, 0.3) is 5.91 Å². The lowest BCUT2D eigenvalue weighted by molar-refractivity contribution is 0.0526. The fourth-order valence-electron chi connectivity index (χ4n) is 1.99. The third kappa shape index (κ3) is 2.99. The van der Waals surface area contributed by atoms with Crippen molar-refractivity contribution in [1.82, 2.24) is 9.88 Å². The Morgan fingerprint density at radius 3 is 2.55 bits per heavy atom. The van der Waals surface area contributed by atoms with Crippen LogP contribution in [0, 0.1) is 11.3 Å². The van der Waals surface area contributed by atoms with Crippen molar-refractivity contribution in [3.8, 4) is 11.8 Å². The Morgan fingerprint density at radius 2 is 2.00 bits per heavy atom. The highest BCUT2D eigenvalue weighted by molar-refractivity contribution is 5.96. The van der Waals surface area contributed by atoms with Gasteiger partial charge in [-0.1, -0.05) is 0 Å². The smallest absolute Gasteiger partial charge is 0.338 e. The third-order valence-corrected chi connectivity index (χ3v) is 3.10. The zero-order valence-electron chi connectivity index (χ0n) is 12.3. The minimum atomic E-state index is -0.384. The molecule has 1 heterocycles. The maximum atomic E-state index is 11.7. The number of amides is 1. The average Bonchev–Trinajstić information content (AvgIpc) is 2.98. The summed E-state index contributed by atoms with van der Waals surface area (Å²) in [5.74, 6) is -0.705. The minimum Gasteiger partial charge on any atom is -0.462 e. The van der Waals surface area contributed by atoms with Crippen molar-refractivity contribution in [2.45, 2.75) is 6.92 Å². The predicted octanol–water partition coefficient (Wildman–Crippen LogP) is 2.13. The molecule has 0 saturated heterocycles. The number of nitrogens with zero attached hydrogens (tertiary/aromatic N) is 2. The molecular formula is C16H17N3O3. The van der Waals surface area contributed by atoms with Crippen molar-refractivity contribution in [3.63, 3.8) is 0 Å². The molecule has 114 valence electrons. The SMILES string of the molecule is CCOC(=O)c1ccc(-n2cc(C#N)c(C(=O)NC)c2)cc1.[HH]. The van der Waals surface area contributed by atoms with E-state index in [0.717, 1.165) is 5.69 Å². The Morgan fingerprint density at radius 1 is 1.32 bits per heavy atom. The highest BCUT2D eigenvalue weighted by atomic mass is 16.5. The van der Waals surface area contributed by atoms with Crippen molar-refractivity contribution in [2.24, 2.45) is 0 Å². The molecule has 1 aromatic carbocycles. The van der Waals surface area contributed by atoms with E-state index in [0.29, 0.717) is 17.7 Å². The van der Waals surface area contributed by atoms with E-state index in [1.54, 1.807) is 48.1 Å². The summed E-state index contributed by atoms with van der Waals surface area (Å²) in [6, 6.07) is 8.71. The van der Waals surface area contributed by atoms with E-state index in [2.05, 4.69) is 5.32 Å². The Hall–Kier alpha value is -3.07. The lowest BCUT2D eigenvalue weighted by Crippen LogP contribution is -2.18. The topological polar surface area (TPSA) is 84.1 Å². The molecule has 0 saturated carbocycles. The van der Waals surface area contributed by atoms with Gasteiger partial charge in [0.05, 0.1) is 23.3 Å². The molecule has 0 bridgehead atoms. The number of hydrogen-bond donors (Lipinski definition) is 1. The molecule has 2 aromatic rings. The van der Waals surface area contributed by atoms with Gasteiger partial charge in [-0.25, -0.2) is 4.79 Å². The monoisotopic (exact) mass is 299 g/mol. The number of esters is 1.